The molecule has 0 radical (unpaired) electrons. The minimum Gasteiger partial charge on any atom is -0.492 e. The van der Waals surface area contributed by atoms with Gasteiger partial charge in [-0.25, -0.2) is 8.42 Å². The van der Waals surface area contributed by atoms with Gasteiger partial charge in [-0.1, -0.05) is 5.92 Å². The molecule has 1 rings (SSSR count). The Labute approximate surface area is 101 Å². The maximum absolute atomic E-state index is 11.9. The predicted molar refractivity (Wildman–Crippen MR) is 66.0 cm³/mol. The molecule has 17 heavy (non-hydrogen) atoms. The molecule has 0 spiro atoms. The maximum Gasteiger partial charge on any atom is 0.245 e. The van der Waals surface area contributed by atoms with E-state index in [9.17, 15) is 8.42 Å². The van der Waals surface area contributed by atoms with E-state index in [0.29, 0.717) is 12.3 Å². The van der Waals surface area contributed by atoms with Crippen molar-refractivity contribution in [2.45, 2.75) is 11.8 Å². The Morgan fingerprint density at radius 1 is 1.53 bits per heavy atom. The average molecular weight is 254 g/mol. The van der Waals surface area contributed by atoms with Crippen molar-refractivity contribution >= 4 is 15.7 Å². The Bertz CT molecular complexity index is 532. The van der Waals surface area contributed by atoms with Crippen molar-refractivity contribution in [1.29, 1.82) is 0 Å². The number of ether oxygens (including phenoxy) is 1. The molecule has 3 N–H and O–H groups in total. The van der Waals surface area contributed by atoms with Gasteiger partial charge in [-0.05, 0) is 25.1 Å². The Hall–Kier alpha value is -1.71. The molecule has 5 nitrogen and oxygen atoms in total. The van der Waals surface area contributed by atoms with E-state index < -0.39 is 10.0 Å². The van der Waals surface area contributed by atoms with Crippen molar-refractivity contribution in [1.82, 2.24) is 4.72 Å². The summed E-state index contributed by atoms with van der Waals surface area (Å²) in [4.78, 5) is -0.00500. The van der Waals surface area contributed by atoms with E-state index in [2.05, 4.69) is 10.6 Å². The normalized spacial score (nSPS) is 10.8. The van der Waals surface area contributed by atoms with Crippen LogP contribution in [-0.2, 0) is 10.0 Å². The van der Waals surface area contributed by atoms with Crippen LogP contribution < -0.4 is 15.2 Å². The summed E-state index contributed by atoms with van der Waals surface area (Å²) in [5.41, 5.74) is 5.90. The fourth-order valence-corrected chi connectivity index (χ4v) is 2.34. The molecule has 0 aliphatic rings. The second kappa shape index (κ2) is 5.57. The van der Waals surface area contributed by atoms with Crippen molar-refractivity contribution in [2.24, 2.45) is 0 Å². The number of rotatable bonds is 5. The number of anilines is 1. The molecule has 0 heterocycles. The quantitative estimate of drug-likeness (QED) is 0.595. The molecule has 0 unspecified atom stereocenters. The van der Waals surface area contributed by atoms with Crippen LogP contribution in [0.4, 0.5) is 5.69 Å². The molecule has 6 heteroatoms. The van der Waals surface area contributed by atoms with Crippen LogP contribution in [0.25, 0.3) is 0 Å². The summed E-state index contributed by atoms with van der Waals surface area (Å²) in [7, 11) is -3.70. The second-order valence-corrected chi connectivity index (χ2v) is 4.90. The van der Waals surface area contributed by atoms with Gasteiger partial charge >= 0.3 is 0 Å². The Balaban J connectivity index is 3.19. The molecule has 1 aromatic rings. The van der Waals surface area contributed by atoms with Gasteiger partial charge in [-0.3, -0.25) is 0 Å². The minimum atomic E-state index is -3.70. The van der Waals surface area contributed by atoms with Gasteiger partial charge < -0.3 is 10.5 Å². The van der Waals surface area contributed by atoms with Gasteiger partial charge in [-0.15, -0.1) is 6.42 Å². The smallest absolute Gasteiger partial charge is 0.245 e. The molecule has 0 amide bonds. The lowest BCUT2D eigenvalue weighted by molar-refractivity contribution is 0.331. The highest BCUT2D eigenvalue weighted by atomic mass is 32.2. The standard InChI is InChI=1S/C11H14N2O3S/c1-3-7-13-17(14,15)11-8-9(12)5-6-10(11)16-4-2/h1,5-6,8,13H,4,7,12H2,2H3. The summed E-state index contributed by atoms with van der Waals surface area (Å²) in [5, 5.41) is 0. The van der Waals surface area contributed by atoms with Gasteiger partial charge in [0.1, 0.15) is 10.6 Å². The number of sulfonamides is 1. The lowest BCUT2D eigenvalue weighted by Crippen LogP contribution is -2.24. The van der Waals surface area contributed by atoms with Crippen molar-refractivity contribution < 1.29 is 13.2 Å². The second-order valence-electron chi connectivity index (χ2n) is 3.17. The number of benzene rings is 1. The molecule has 1 aromatic carbocycles. The molecule has 92 valence electrons. The molecular formula is C11H14N2O3S. The number of terminal acetylenes is 1. The van der Waals surface area contributed by atoms with Gasteiger partial charge in [0.15, 0.2) is 0 Å². The lowest BCUT2D eigenvalue weighted by Gasteiger charge is -2.11. The first kappa shape index (κ1) is 13.4. The summed E-state index contributed by atoms with van der Waals surface area (Å²) >= 11 is 0. The van der Waals surface area contributed by atoms with Crippen LogP contribution >= 0.6 is 0 Å². The van der Waals surface area contributed by atoms with Gasteiger partial charge in [0, 0.05) is 5.69 Å². The molecule has 0 atom stereocenters. The van der Waals surface area contributed by atoms with E-state index in [-0.39, 0.29) is 17.2 Å². The summed E-state index contributed by atoms with van der Waals surface area (Å²) in [6.07, 6.45) is 5.01. The van der Waals surface area contributed by atoms with Crippen molar-refractivity contribution in [3.05, 3.63) is 18.2 Å². The maximum atomic E-state index is 11.9. The Morgan fingerprint density at radius 2 is 2.24 bits per heavy atom. The zero-order valence-electron chi connectivity index (χ0n) is 9.43. The van der Waals surface area contributed by atoms with Gasteiger partial charge in [0.2, 0.25) is 10.0 Å². The van der Waals surface area contributed by atoms with Crippen LogP contribution in [0.3, 0.4) is 0 Å². The number of nitrogen functional groups attached to an aromatic ring is 1. The summed E-state index contributed by atoms with van der Waals surface area (Å²) < 4.78 is 31.3. The Morgan fingerprint density at radius 3 is 2.82 bits per heavy atom. The molecule has 0 saturated heterocycles. The zero-order chi connectivity index (χ0) is 12.9. The number of nitrogens with two attached hydrogens (primary N) is 1. The SMILES string of the molecule is C#CCNS(=O)(=O)c1cc(N)ccc1OCC. The third-order valence-electron chi connectivity index (χ3n) is 1.92. The lowest BCUT2D eigenvalue weighted by atomic mass is 10.3. The monoisotopic (exact) mass is 254 g/mol. The molecular weight excluding hydrogens is 240 g/mol. The van der Waals surface area contributed by atoms with E-state index in [1.54, 1.807) is 13.0 Å². The first-order valence-electron chi connectivity index (χ1n) is 4.96. The van der Waals surface area contributed by atoms with Crippen molar-refractivity contribution in [2.75, 3.05) is 18.9 Å². The van der Waals surface area contributed by atoms with Crippen LogP contribution in [-0.4, -0.2) is 21.6 Å². The largest absolute Gasteiger partial charge is 0.492 e. The van der Waals surface area contributed by atoms with Gasteiger partial charge in [-0.2, -0.15) is 4.72 Å². The highest BCUT2D eigenvalue weighted by Gasteiger charge is 2.19. The molecule has 0 aromatic heterocycles. The Kier molecular flexibility index (Phi) is 4.37. The molecule has 0 fully saturated rings. The van der Waals surface area contributed by atoms with Crippen LogP contribution in [0.1, 0.15) is 6.92 Å². The topological polar surface area (TPSA) is 81.4 Å². The summed E-state index contributed by atoms with van der Waals surface area (Å²) in [6.45, 7) is 2.05. The first-order chi connectivity index (χ1) is 8.01. The van der Waals surface area contributed by atoms with E-state index in [1.165, 1.54) is 12.1 Å². The summed E-state index contributed by atoms with van der Waals surface area (Å²) in [5.74, 6) is 2.45. The third-order valence-corrected chi connectivity index (χ3v) is 3.34. The summed E-state index contributed by atoms with van der Waals surface area (Å²) in [6, 6.07) is 4.43. The molecule has 0 aliphatic heterocycles. The number of hydrogen-bond acceptors (Lipinski definition) is 4. The van der Waals surface area contributed by atoms with Crippen LogP contribution in [0.5, 0.6) is 5.75 Å². The van der Waals surface area contributed by atoms with E-state index in [4.69, 9.17) is 16.9 Å². The fourth-order valence-electron chi connectivity index (χ4n) is 1.22. The van der Waals surface area contributed by atoms with E-state index in [1.807, 2.05) is 0 Å². The van der Waals surface area contributed by atoms with Gasteiger partial charge in [0.05, 0.1) is 13.2 Å². The van der Waals surface area contributed by atoms with Crippen LogP contribution in [0.15, 0.2) is 23.1 Å². The predicted octanol–water partition coefficient (Wildman–Crippen LogP) is 0.579. The van der Waals surface area contributed by atoms with Crippen LogP contribution in [0, 0.1) is 12.3 Å². The first-order valence-corrected chi connectivity index (χ1v) is 6.45. The fraction of sp³-hybridized carbons (Fsp3) is 0.273. The average Bonchev–Trinajstić information content (AvgIpc) is 2.29. The highest BCUT2D eigenvalue weighted by Crippen LogP contribution is 2.25. The van der Waals surface area contributed by atoms with E-state index in [0.717, 1.165) is 0 Å². The molecule has 0 aliphatic carbocycles. The van der Waals surface area contributed by atoms with E-state index >= 15 is 0 Å². The number of hydrogen-bond donors (Lipinski definition) is 2. The highest BCUT2D eigenvalue weighted by molar-refractivity contribution is 7.89. The van der Waals surface area contributed by atoms with Gasteiger partial charge in [0.25, 0.3) is 0 Å². The van der Waals surface area contributed by atoms with Crippen molar-refractivity contribution in [3.63, 3.8) is 0 Å². The van der Waals surface area contributed by atoms with Crippen LogP contribution in [0.2, 0.25) is 0 Å². The molecule has 0 bridgehead atoms. The van der Waals surface area contributed by atoms with Crippen molar-refractivity contribution in [3.8, 4) is 18.1 Å². The zero-order valence-corrected chi connectivity index (χ0v) is 10.3. The third kappa shape index (κ3) is 3.37. The minimum absolute atomic E-state index is 0.00500. The molecule has 0 saturated carbocycles. The number of nitrogens with one attached hydrogen (secondary N) is 1.